The zero-order valence-corrected chi connectivity index (χ0v) is 19.2. The van der Waals surface area contributed by atoms with E-state index in [4.69, 9.17) is 4.74 Å². The van der Waals surface area contributed by atoms with Crippen LogP contribution in [0.1, 0.15) is 0 Å². The van der Waals surface area contributed by atoms with E-state index in [-0.39, 0.29) is 16.3 Å². The zero-order valence-electron chi connectivity index (χ0n) is 18.4. The molecule has 2 amide bonds. The Labute approximate surface area is 205 Å². The number of anilines is 2. The number of halogens is 1. The van der Waals surface area contributed by atoms with Crippen molar-refractivity contribution in [3.63, 3.8) is 0 Å². The number of ether oxygens (including phenoxy) is 1. The predicted octanol–water partition coefficient (Wildman–Crippen LogP) is 6.61. The molecule has 4 aromatic carbocycles. The third kappa shape index (κ3) is 4.81. The van der Waals surface area contributed by atoms with Gasteiger partial charge in [-0.25, -0.2) is 9.29 Å². The molecule has 0 saturated heterocycles. The Bertz CT molecular complexity index is 1410. The molecule has 0 atom stereocenters. The number of thioether (sulfide) groups is 1. The van der Waals surface area contributed by atoms with Crippen molar-refractivity contribution in [2.75, 3.05) is 10.2 Å². The Morgan fingerprint density at radius 2 is 1.29 bits per heavy atom. The molecule has 5 nitrogen and oxygen atoms in total. The van der Waals surface area contributed by atoms with Gasteiger partial charge in [-0.05, 0) is 60.7 Å². The Morgan fingerprint density at radius 1 is 0.686 bits per heavy atom. The van der Waals surface area contributed by atoms with Crippen LogP contribution in [0.5, 0.6) is 11.5 Å². The smallest absolute Gasteiger partial charge is 0.283 e. The number of imide groups is 1. The number of nitrogens with one attached hydrogen (secondary N) is 1. The molecule has 1 aliphatic heterocycles. The fraction of sp³-hybridized carbons (Fsp3) is 0. The van der Waals surface area contributed by atoms with Crippen molar-refractivity contribution in [2.45, 2.75) is 4.90 Å². The van der Waals surface area contributed by atoms with E-state index in [1.165, 1.54) is 12.1 Å². The van der Waals surface area contributed by atoms with Crippen molar-refractivity contribution in [2.24, 2.45) is 0 Å². The van der Waals surface area contributed by atoms with Crippen molar-refractivity contribution in [1.29, 1.82) is 0 Å². The van der Waals surface area contributed by atoms with Gasteiger partial charge in [-0.1, -0.05) is 60.3 Å². The maximum atomic E-state index is 14.3. The van der Waals surface area contributed by atoms with Crippen LogP contribution in [0.3, 0.4) is 0 Å². The predicted molar refractivity (Wildman–Crippen MR) is 135 cm³/mol. The summed E-state index contributed by atoms with van der Waals surface area (Å²) in [7, 11) is 0. The lowest BCUT2D eigenvalue weighted by molar-refractivity contribution is -0.120. The minimum Gasteiger partial charge on any atom is -0.457 e. The van der Waals surface area contributed by atoms with Gasteiger partial charge in [0.25, 0.3) is 11.8 Å². The largest absolute Gasteiger partial charge is 0.457 e. The van der Waals surface area contributed by atoms with E-state index in [0.29, 0.717) is 17.2 Å². The van der Waals surface area contributed by atoms with E-state index in [2.05, 4.69) is 5.32 Å². The van der Waals surface area contributed by atoms with Crippen molar-refractivity contribution < 1.29 is 18.7 Å². The van der Waals surface area contributed by atoms with E-state index in [1.54, 1.807) is 36.4 Å². The minimum atomic E-state index is -0.562. The van der Waals surface area contributed by atoms with Crippen LogP contribution < -0.4 is 15.0 Å². The first-order valence-electron chi connectivity index (χ1n) is 10.8. The van der Waals surface area contributed by atoms with E-state index in [0.717, 1.165) is 21.6 Å². The zero-order chi connectivity index (χ0) is 24.2. The van der Waals surface area contributed by atoms with Gasteiger partial charge in [-0.2, -0.15) is 0 Å². The summed E-state index contributed by atoms with van der Waals surface area (Å²) in [6, 6.07) is 31.2. The molecule has 172 valence electrons. The maximum Gasteiger partial charge on any atom is 0.283 e. The Balaban J connectivity index is 1.45. The number of carbonyl (C=O) groups is 2. The van der Waals surface area contributed by atoms with E-state index in [1.807, 2.05) is 60.7 Å². The molecule has 1 N–H and O–H groups in total. The lowest BCUT2D eigenvalue weighted by atomic mass is 10.2. The summed E-state index contributed by atoms with van der Waals surface area (Å²) in [6.07, 6.45) is 0. The number of benzene rings is 4. The Morgan fingerprint density at radius 3 is 1.97 bits per heavy atom. The van der Waals surface area contributed by atoms with Gasteiger partial charge in [-0.15, -0.1) is 0 Å². The topological polar surface area (TPSA) is 58.6 Å². The van der Waals surface area contributed by atoms with Gasteiger partial charge in [0.05, 0.1) is 11.4 Å². The van der Waals surface area contributed by atoms with E-state index < -0.39 is 17.6 Å². The number of rotatable bonds is 7. The lowest BCUT2D eigenvalue weighted by Gasteiger charge is -2.16. The van der Waals surface area contributed by atoms with Gasteiger partial charge in [0, 0.05) is 4.90 Å². The first-order chi connectivity index (χ1) is 17.1. The molecule has 0 unspecified atom stereocenters. The standard InChI is InChI=1S/C28H19FN2O3S/c29-23-13-7-8-14-24(23)30-25-26(35-22-11-5-2-6-12-22)28(33)31(27(25)32)19-15-17-21(18-16-19)34-20-9-3-1-4-10-20/h1-18,30H. The fourth-order valence-corrected chi connectivity index (χ4v) is 4.49. The highest BCUT2D eigenvalue weighted by molar-refractivity contribution is 8.04. The second-order valence-electron chi connectivity index (χ2n) is 7.58. The number of para-hydroxylation sites is 2. The van der Waals surface area contributed by atoms with Crippen molar-refractivity contribution in [1.82, 2.24) is 0 Å². The van der Waals surface area contributed by atoms with Crippen molar-refractivity contribution in [3.8, 4) is 11.5 Å². The first kappa shape index (κ1) is 22.4. The van der Waals surface area contributed by atoms with Crippen LogP contribution in [0.25, 0.3) is 0 Å². The van der Waals surface area contributed by atoms with Crippen molar-refractivity contribution >= 4 is 35.0 Å². The normalized spacial score (nSPS) is 13.3. The monoisotopic (exact) mass is 482 g/mol. The molecule has 0 aliphatic carbocycles. The molecule has 1 heterocycles. The number of amides is 2. The van der Waals surface area contributed by atoms with Gasteiger partial charge in [0.15, 0.2) is 0 Å². The third-order valence-corrected chi connectivity index (χ3v) is 6.30. The second kappa shape index (κ2) is 9.87. The van der Waals surface area contributed by atoms with Crippen LogP contribution in [-0.4, -0.2) is 11.8 Å². The van der Waals surface area contributed by atoms with Crippen LogP contribution in [-0.2, 0) is 9.59 Å². The van der Waals surface area contributed by atoms with Gasteiger partial charge < -0.3 is 10.1 Å². The number of hydrogen-bond acceptors (Lipinski definition) is 5. The maximum absolute atomic E-state index is 14.3. The summed E-state index contributed by atoms with van der Waals surface area (Å²) >= 11 is 1.16. The summed E-state index contributed by atoms with van der Waals surface area (Å²) in [5, 5.41) is 2.85. The summed E-state index contributed by atoms with van der Waals surface area (Å²) in [5.74, 6) is -0.332. The molecule has 0 bridgehead atoms. The molecule has 1 aliphatic rings. The van der Waals surface area contributed by atoms with Gasteiger partial charge >= 0.3 is 0 Å². The Kier molecular flexibility index (Phi) is 6.32. The first-order valence-corrected chi connectivity index (χ1v) is 11.6. The minimum absolute atomic E-state index is 0.0264. The molecule has 0 aromatic heterocycles. The molecule has 0 saturated carbocycles. The number of hydrogen-bond donors (Lipinski definition) is 1. The fourth-order valence-electron chi connectivity index (χ4n) is 3.54. The SMILES string of the molecule is O=C1C(Nc2ccccc2F)=C(Sc2ccccc2)C(=O)N1c1ccc(Oc2ccccc2)cc1. The molecule has 4 aromatic rings. The van der Waals surface area contributed by atoms with Crippen LogP contribution in [0.15, 0.2) is 125 Å². The van der Waals surface area contributed by atoms with Crippen LogP contribution in [0.2, 0.25) is 0 Å². The van der Waals surface area contributed by atoms with Gasteiger partial charge in [0.1, 0.15) is 27.9 Å². The second-order valence-corrected chi connectivity index (χ2v) is 8.66. The Hall–Kier alpha value is -4.36. The van der Waals surface area contributed by atoms with Crippen LogP contribution >= 0.6 is 11.8 Å². The van der Waals surface area contributed by atoms with Gasteiger partial charge in [0.2, 0.25) is 0 Å². The molecule has 35 heavy (non-hydrogen) atoms. The molecular weight excluding hydrogens is 463 g/mol. The summed E-state index contributed by atoms with van der Waals surface area (Å²) in [4.78, 5) is 28.9. The summed E-state index contributed by atoms with van der Waals surface area (Å²) < 4.78 is 20.2. The molecule has 0 radical (unpaired) electrons. The average Bonchev–Trinajstić information content (AvgIpc) is 3.11. The molecular formula is C28H19FN2O3S. The van der Waals surface area contributed by atoms with E-state index >= 15 is 0 Å². The highest BCUT2D eigenvalue weighted by Gasteiger charge is 2.40. The highest BCUT2D eigenvalue weighted by atomic mass is 32.2. The summed E-state index contributed by atoms with van der Waals surface area (Å²) in [5.41, 5.74) is 0.527. The quantitative estimate of drug-likeness (QED) is 0.301. The summed E-state index contributed by atoms with van der Waals surface area (Å²) in [6.45, 7) is 0. The third-order valence-electron chi connectivity index (χ3n) is 5.21. The lowest BCUT2D eigenvalue weighted by Crippen LogP contribution is -2.32. The van der Waals surface area contributed by atoms with Gasteiger partial charge in [-0.3, -0.25) is 9.59 Å². The number of nitrogens with zero attached hydrogens (tertiary/aromatic N) is 1. The highest BCUT2D eigenvalue weighted by Crippen LogP contribution is 2.38. The molecule has 0 spiro atoms. The van der Waals surface area contributed by atoms with E-state index in [9.17, 15) is 14.0 Å². The molecule has 0 fully saturated rings. The average molecular weight is 483 g/mol. The number of carbonyl (C=O) groups excluding carboxylic acids is 2. The van der Waals surface area contributed by atoms with Crippen molar-refractivity contribution in [3.05, 3.63) is 126 Å². The van der Waals surface area contributed by atoms with Crippen LogP contribution in [0.4, 0.5) is 15.8 Å². The molecule has 7 heteroatoms. The van der Waals surface area contributed by atoms with Crippen LogP contribution in [0, 0.1) is 5.82 Å². The molecule has 5 rings (SSSR count).